The molecule has 82 valence electrons. The van der Waals surface area contributed by atoms with Crippen molar-refractivity contribution >= 4 is 17.7 Å². The van der Waals surface area contributed by atoms with Crippen LogP contribution in [0.4, 0.5) is 0 Å². The van der Waals surface area contributed by atoms with Crippen LogP contribution in [0.2, 0.25) is 0 Å². The molecule has 1 aromatic heterocycles. The molecule has 1 unspecified atom stereocenters. The molecule has 0 saturated heterocycles. The van der Waals surface area contributed by atoms with Crippen molar-refractivity contribution in [2.45, 2.75) is 36.2 Å². The standard InChI is InChI=1S/C10H15N3OS/c1-7(9(14)12-8-3-4-8)15-10-11-5-6-13(10)2/h5-8H,3-4H2,1-2H3,(H,12,14). The number of rotatable bonds is 4. The second-order valence-electron chi connectivity index (χ2n) is 3.86. The van der Waals surface area contributed by atoms with Gasteiger partial charge in [-0.2, -0.15) is 0 Å². The van der Waals surface area contributed by atoms with Crippen molar-refractivity contribution in [3.05, 3.63) is 12.4 Å². The number of nitrogens with one attached hydrogen (secondary N) is 1. The van der Waals surface area contributed by atoms with Gasteiger partial charge in [0.25, 0.3) is 0 Å². The highest BCUT2D eigenvalue weighted by atomic mass is 32.2. The Morgan fingerprint density at radius 2 is 2.47 bits per heavy atom. The van der Waals surface area contributed by atoms with Crippen LogP contribution in [-0.2, 0) is 11.8 Å². The van der Waals surface area contributed by atoms with Gasteiger partial charge in [0.1, 0.15) is 0 Å². The van der Waals surface area contributed by atoms with Gasteiger partial charge in [-0.05, 0) is 19.8 Å². The molecular formula is C10H15N3OS. The van der Waals surface area contributed by atoms with Crippen molar-refractivity contribution in [1.82, 2.24) is 14.9 Å². The van der Waals surface area contributed by atoms with Crippen molar-refractivity contribution in [2.24, 2.45) is 7.05 Å². The van der Waals surface area contributed by atoms with E-state index in [2.05, 4.69) is 10.3 Å². The zero-order valence-electron chi connectivity index (χ0n) is 8.93. The number of thioether (sulfide) groups is 1. The number of nitrogens with zero attached hydrogens (tertiary/aromatic N) is 2. The molecule has 5 heteroatoms. The lowest BCUT2D eigenvalue weighted by atomic mass is 10.4. The zero-order chi connectivity index (χ0) is 10.8. The van der Waals surface area contributed by atoms with E-state index in [1.54, 1.807) is 6.20 Å². The Bertz CT molecular complexity index is 359. The molecule has 0 aliphatic heterocycles. The third kappa shape index (κ3) is 2.75. The molecular weight excluding hydrogens is 210 g/mol. The summed E-state index contributed by atoms with van der Waals surface area (Å²) in [4.78, 5) is 15.8. The number of hydrogen-bond donors (Lipinski definition) is 1. The van der Waals surface area contributed by atoms with Crippen molar-refractivity contribution in [3.63, 3.8) is 0 Å². The Morgan fingerprint density at radius 1 is 1.73 bits per heavy atom. The Morgan fingerprint density at radius 3 is 3.00 bits per heavy atom. The molecule has 1 aliphatic rings. The summed E-state index contributed by atoms with van der Waals surface area (Å²) in [5.41, 5.74) is 0. The van der Waals surface area contributed by atoms with Gasteiger partial charge in [-0.25, -0.2) is 4.98 Å². The van der Waals surface area contributed by atoms with Crippen LogP contribution in [0, 0.1) is 0 Å². The van der Waals surface area contributed by atoms with E-state index in [4.69, 9.17) is 0 Å². The maximum atomic E-state index is 11.7. The first kappa shape index (κ1) is 10.5. The maximum Gasteiger partial charge on any atom is 0.233 e. The van der Waals surface area contributed by atoms with Crippen molar-refractivity contribution in [1.29, 1.82) is 0 Å². The summed E-state index contributed by atoms with van der Waals surface area (Å²) in [6.45, 7) is 1.91. The molecule has 0 bridgehead atoms. The number of carbonyl (C=O) groups is 1. The van der Waals surface area contributed by atoms with E-state index in [9.17, 15) is 4.79 Å². The molecule has 0 spiro atoms. The molecule has 1 aromatic rings. The lowest BCUT2D eigenvalue weighted by molar-refractivity contribution is -0.120. The molecule has 1 N–H and O–H groups in total. The van der Waals surface area contributed by atoms with Crippen molar-refractivity contribution < 1.29 is 4.79 Å². The van der Waals surface area contributed by atoms with Crippen LogP contribution in [0.15, 0.2) is 17.6 Å². The normalized spacial score (nSPS) is 17.5. The zero-order valence-corrected chi connectivity index (χ0v) is 9.75. The molecule has 1 aliphatic carbocycles. The summed E-state index contributed by atoms with van der Waals surface area (Å²) < 4.78 is 1.92. The van der Waals surface area contributed by atoms with Crippen LogP contribution in [0.5, 0.6) is 0 Å². The van der Waals surface area contributed by atoms with Crippen molar-refractivity contribution in [3.8, 4) is 0 Å². The van der Waals surface area contributed by atoms with Gasteiger partial charge in [0.2, 0.25) is 5.91 Å². The summed E-state index contributed by atoms with van der Waals surface area (Å²) in [5.74, 6) is 0.116. The van der Waals surface area contributed by atoms with E-state index >= 15 is 0 Å². The number of hydrogen-bond acceptors (Lipinski definition) is 3. The third-order valence-corrected chi connectivity index (χ3v) is 3.52. The molecule has 15 heavy (non-hydrogen) atoms. The van der Waals surface area contributed by atoms with Gasteiger partial charge in [0, 0.05) is 25.5 Å². The number of amides is 1. The average molecular weight is 225 g/mol. The predicted molar refractivity (Wildman–Crippen MR) is 59.7 cm³/mol. The fraction of sp³-hybridized carbons (Fsp3) is 0.600. The highest BCUT2D eigenvalue weighted by Crippen LogP contribution is 2.23. The van der Waals surface area contributed by atoms with Crippen LogP contribution in [-0.4, -0.2) is 26.8 Å². The summed E-state index contributed by atoms with van der Waals surface area (Å²) in [6.07, 6.45) is 5.89. The quantitative estimate of drug-likeness (QED) is 0.783. The van der Waals surface area contributed by atoms with E-state index < -0.39 is 0 Å². The molecule has 2 rings (SSSR count). The van der Waals surface area contributed by atoms with E-state index in [-0.39, 0.29) is 11.2 Å². The number of aromatic nitrogens is 2. The van der Waals surface area contributed by atoms with Gasteiger partial charge in [0.05, 0.1) is 5.25 Å². The average Bonchev–Trinajstić information content (AvgIpc) is 2.92. The Balaban J connectivity index is 1.87. The molecule has 1 saturated carbocycles. The first-order valence-electron chi connectivity index (χ1n) is 5.11. The van der Waals surface area contributed by atoms with Gasteiger partial charge in [0.15, 0.2) is 5.16 Å². The molecule has 1 heterocycles. The van der Waals surface area contributed by atoms with Gasteiger partial charge in [-0.1, -0.05) is 11.8 Å². The van der Waals surface area contributed by atoms with E-state index in [1.807, 2.05) is 24.7 Å². The Kier molecular flexibility index (Phi) is 3.00. The summed E-state index contributed by atoms with van der Waals surface area (Å²) >= 11 is 1.49. The van der Waals surface area contributed by atoms with E-state index in [0.717, 1.165) is 18.0 Å². The van der Waals surface area contributed by atoms with E-state index in [1.165, 1.54) is 11.8 Å². The second-order valence-corrected chi connectivity index (χ2v) is 5.17. The molecule has 0 radical (unpaired) electrons. The minimum Gasteiger partial charge on any atom is -0.352 e. The largest absolute Gasteiger partial charge is 0.352 e. The van der Waals surface area contributed by atoms with Crippen molar-refractivity contribution in [2.75, 3.05) is 0 Å². The smallest absolute Gasteiger partial charge is 0.233 e. The summed E-state index contributed by atoms with van der Waals surface area (Å²) in [5, 5.41) is 3.79. The highest BCUT2D eigenvalue weighted by Gasteiger charge is 2.26. The fourth-order valence-electron chi connectivity index (χ4n) is 1.22. The SMILES string of the molecule is CC(Sc1nccn1C)C(=O)NC1CC1. The van der Waals surface area contributed by atoms with Gasteiger partial charge in [-0.3, -0.25) is 4.79 Å². The molecule has 1 fully saturated rings. The minimum atomic E-state index is -0.0771. The molecule has 1 atom stereocenters. The monoisotopic (exact) mass is 225 g/mol. The van der Waals surface area contributed by atoms with Gasteiger partial charge < -0.3 is 9.88 Å². The minimum absolute atomic E-state index is 0.0771. The number of imidazole rings is 1. The first-order chi connectivity index (χ1) is 7.16. The van der Waals surface area contributed by atoms with Gasteiger partial charge in [-0.15, -0.1) is 0 Å². The molecule has 4 nitrogen and oxygen atoms in total. The van der Waals surface area contributed by atoms with Crippen LogP contribution in [0.25, 0.3) is 0 Å². The predicted octanol–water partition coefficient (Wildman–Crippen LogP) is 1.18. The highest BCUT2D eigenvalue weighted by molar-refractivity contribution is 8.00. The Hall–Kier alpha value is -0.970. The fourth-order valence-corrected chi connectivity index (χ4v) is 2.06. The Labute approximate surface area is 93.5 Å². The van der Waals surface area contributed by atoms with Gasteiger partial charge >= 0.3 is 0 Å². The number of aryl methyl sites for hydroxylation is 1. The van der Waals surface area contributed by atoms with Crippen LogP contribution < -0.4 is 5.32 Å². The van der Waals surface area contributed by atoms with Crippen LogP contribution >= 0.6 is 11.8 Å². The summed E-state index contributed by atoms with van der Waals surface area (Å²) in [6, 6.07) is 0.432. The summed E-state index contributed by atoms with van der Waals surface area (Å²) in [7, 11) is 1.93. The first-order valence-corrected chi connectivity index (χ1v) is 5.99. The van der Waals surface area contributed by atoms with Crippen LogP contribution in [0.1, 0.15) is 19.8 Å². The topological polar surface area (TPSA) is 46.9 Å². The molecule has 0 aromatic carbocycles. The number of carbonyl (C=O) groups excluding carboxylic acids is 1. The maximum absolute atomic E-state index is 11.7. The molecule has 1 amide bonds. The lowest BCUT2D eigenvalue weighted by Gasteiger charge is -2.10. The van der Waals surface area contributed by atoms with Crippen LogP contribution in [0.3, 0.4) is 0 Å². The van der Waals surface area contributed by atoms with E-state index in [0.29, 0.717) is 6.04 Å². The second kappa shape index (κ2) is 4.26. The lowest BCUT2D eigenvalue weighted by Crippen LogP contribution is -2.32. The third-order valence-electron chi connectivity index (χ3n) is 2.35.